The van der Waals surface area contributed by atoms with Crippen molar-refractivity contribution in [3.8, 4) is 0 Å². The Bertz CT molecular complexity index is 705. The molecule has 3 saturated heterocycles. The number of nitrogens with one attached hydrogen (secondary N) is 1. The molecule has 0 amide bonds. The first kappa shape index (κ1) is 32.4. The maximum absolute atomic E-state index is 10.9. The Morgan fingerprint density at radius 1 is 0.784 bits per heavy atom. The van der Waals surface area contributed by atoms with Gasteiger partial charge in [-0.25, -0.2) is 4.98 Å². The molecular formula is C28H52Cl2N6O. The van der Waals surface area contributed by atoms with Crippen LogP contribution in [0, 0.1) is 0 Å². The number of hydrogen-bond donors (Lipinski definition) is 2. The molecule has 37 heavy (non-hydrogen) atoms. The van der Waals surface area contributed by atoms with Gasteiger partial charge in [0.1, 0.15) is 12.0 Å². The number of anilines is 2. The first-order chi connectivity index (χ1) is 17.2. The molecular weight excluding hydrogens is 507 g/mol. The van der Waals surface area contributed by atoms with Crippen LogP contribution in [-0.2, 0) is 0 Å². The second-order valence-electron chi connectivity index (χ2n) is 10.9. The van der Waals surface area contributed by atoms with Crippen molar-refractivity contribution in [3.05, 3.63) is 11.8 Å². The molecule has 2 unspecified atom stereocenters. The first-order valence-electron chi connectivity index (χ1n) is 14.8. The monoisotopic (exact) mass is 558 g/mol. The van der Waals surface area contributed by atoms with E-state index in [1.165, 1.54) is 69.9 Å². The molecule has 3 aliphatic rings. The molecule has 4 heterocycles. The topological polar surface area (TPSA) is 67.8 Å². The van der Waals surface area contributed by atoms with E-state index in [1.54, 1.807) is 0 Å². The molecule has 0 saturated carbocycles. The fourth-order valence-electron chi connectivity index (χ4n) is 5.94. The van der Waals surface area contributed by atoms with E-state index in [2.05, 4.69) is 33.0 Å². The smallest absolute Gasteiger partial charge is 0.227 e. The van der Waals surface area contributed by atoms with Crippen LogP contribution in [0.1, 0.15) is 102 Å². The van der Waals surface area contributed by atoms with Crippen LogP contribution in [0.4, 0.5) is 11.8 Å². The summed E-state index contributed by atoms with van der Waals surface area (Å²) in [5.41, 5.74) is 1.21. The van der Waals surface area contributed by atoms with Gasteiger partial charge in [-0.2, -0.15) is 4.98 Å². The molecule has 3 aliphatic heterocycles. The molecule has 2 atom stereocenters. The van der Waals surface area contributed by atoms with Crippen molar-refractivity contribution in [2.75, 3.05) is 62.2 Å². The fraction of sp³-hybridized carbons (Fsp3) is 0.857. The minimum atomic E-state index is -0.345. The molecule has 214 valence electrons. The zero-order chi connectivity index (χ0) is 24.3. The van der Waals surface area contributed by atoms with Crippen molar-refractivity contribution in [1.82, 2.24) is 20.2 Å². The maximum atomic E-state index is 10.9. The number of aliphatic hydroxyl groups is 1. The Morgan fingerprint density at radius 3 is 2.08 bits per heavy atom. The van der Waals surface area contributed by atoms with Crippen molar-refractivity contribution in [2.45, 2.75) is 103 Å². The van der Waals surface area contributed by atoms with E-state index in [0.717, 1.165) is 83.4 Å². The van der Waals surface area contributed by atoms with E-state index in [9.17, 15) is 5.11 Å². The van der Waals surface area contributed by atoms with Gasteiger partial charge in [0.25, 0.3) is 0 Å². The molecule has 2 N–H and O–H groups in total. The van der Waals surface area contributed by atoms with Gasteiger partial charge in [0.05, 0.1) is 5.69 Å². The number of aliphatic hydroxyl groups excluding tert-OH is 1. The van der Waals surface area contributed by atoms with Gasteiger partial charge < -0.3 is 20.2 Å². The summed E-state index contributed by atoms with van der Waals surface area (Å²) in [6.07, 6.45) is 15.5. The Balaban J connectivity index is 0.00000241. The van der Waals surface area contributed by atoms with Crippen molar-refractivity contribution in [3.63, 3.8) is 0 Å². The van der Waals surface area contributed by atoms with Crippen molar-refractivity contribution in [1.29, 1.82) is 0 Å². The summed E-state index contributed by atoms with van der Waals surface area (Å²) in [6.45, 7) is 10.5. The summed E-state index contributed by atoms with van der Waals surface area (Å²) in [5.74, 6) is 2.46. The first-order valence-corrected chi connectivity index (χ1v) is 14.8. The van der Waals surface area contributed by atoms with E-state index in [4.69, 9.17) is 9.97 Å². The fourth-order valence-corrected chi connectivity index (χ4v) is 5.94. The number of piperazine rings is 1. The van der Waals surface area contributed by atoms with Gasteiger partial charge in [-0.05, 0) is 44.9 Å². The van der Waals surface area contributed by atoms with Crippen LogP contribution < -0.4 is 15.1 Å². The molecule has 1 aromatic heterocycles. The summed E-state index contributed by atoms with van der Waals surface area (Å²) in [7, 11) is 0. The van der Waals surface area contributed by atoms with Gasteiger partial charge in [-0.15, -0.1) is 24.8 Å². The van der Waals surface area contributed by atoms with Gasteiger partial charge in [0.2, 0.25) is 5.95 Å². The lowest BCUT2D eigenvalue weighted by Crippen LogP contribution is -2.48. The molecule has 7 nitrogen and oxygen atoms in total. The third kappa shape index (κ3) is 9.99. The molecule has 0 aliphatic carbocycles. The number of hydrogen-bond acceptors (Lipinski definition) is 7. The lowest BCUT2D eigenvalue weighted by atomic mass is 9.91. The zero-order valence-corrected chi connectivity index (χ0v) is 24.7. The average molecular weight is 560 g/mol. The standard InChI is InChI=1S/C28H50N6O.2ClH/c1-2-3-4-5-6-7-12-24(13-14-27(35)33-21-15-29-16-22-33)25-23-26(32-17-8-9-18-32)31-28(30-25)34-19-10-11-20-34;;/h23-24,27,29,35H,2-22H2,1H3;2*1H. The Kier molecular flexibility index (Phi) is 15.5. The van der Waals surface area contributed by atoms with Crippen LogP contribution in [-0.4, -0.2) is 78.6 Å². The molecule has 1 aromatic rings. The van der Waals surface area contributed by atoms with Gasteiger partial charge in [-0.1, -0.05) is 45.4 Å². The van der Waals surface area contributed by atoms with Crippen molar-refractivity contribution < 1.29 is 5.11 Å². The van der Waals surface area contributed by atoms with Crippen LogP contribution in [0.25, 0.3) is 0 Å². The van der Waals surface area contributed by atoms with Crippen LogP contribution in [0.5, 0.6) is 0 Å². The molecule has 0 radical (unpaired) electrons. The zero-order valence-electron chi connectivity index (χ0n) is 23.1. The summed E-state index contributed by atoms with van der Waals surface area (Å²) >= 11 is 0. The molecule has 3 fully saturated rings. The third-order valence-corrected chi connectivity index (χ3v) is 8.21. The van der Waals surface area contributed by atoms with E-state index in [-0.39, 0.29) is 31.0 Å². The van der Waals surface area contributed by atoms with Gasteiger partial charge in [-0.3, -0.25) is 4.90 Å². The van der Waals surface area contributed by atoms with Crippen LogP contribution in [0.3, 0.4) is 0 Å². The Hall–Kier alpha value is -0.860. The number of halogens is 2. The molecule has 9 heteroatoms. The summed E-state index contributed by atoms with van der Waals surface area (Å²) in [6, 6.07) is 2.30. The van der Waals surface area contributed by atoms with Gasteiger partial charge in [0, 0.05) is 64.3 Å². The lowest BCUT2D eigenvalue weighted by Gasteiger charge is -2.32. The average Bonchev–Trinajstić information content (AvgIpc) is 3.63. The predicted molar refractivity (Wildman–Crippen MR) is 160 cm³/mol. The second-order valence-corrected chi connectivity index (χ2v) is 10.9. The van der Waals surface area contributed by atoms with Crippen LogP contribution in [0.15, 0.2) is 6.07 Å². The SMILES string of the molecule is CCCCCCCCC(CCC(O)N1CCNCC1)c1cc(N2CCCC2)nc(N2CCCC2)n1.Cl.Cl. The van der Waals surface area contributed by atoms with E-state index in [0.29, 0.717) is 5.92 Å². The quantitative estimate of drug-likeness (QED) is 0.298. The maximum Gasteiger partial charge on any atom is 0.227 e. The summed E-state index contributed by atoms with van der Waals surface area (Å²) in [4.78, 5) is 17.3. The number of unbranched alkanes of at least 4 members (excludes halogenated alkanes) is 5. The highest BCUT2D eigenvalue weighted by Gasteiger charge is 2.25. The van der Waals surface area contributed by atoms with Gasteiger partial charge >= 0.3 is 0 Å². The third-order valence-electron chi connectivity index (χ3n) is 8.21. The van der Waals surface area contributed by atoms with E-state index in [1.807, 2.05) is 0 Å². The molecule has 0 aromatic carbocycles. The molecule has 0 spiro atoms. The lowest BCUT2D eigenvalue weighted by molar-refractivity contribution is -0.0117. The van der Waals surface area contributed by atoms with Crippen LogP contribution >= 0.6 is 24.8 Å². The summed E-state index contributed by atoms with van der Waals surface area (Å²) in [5, 5.41) is 14.3. The van der Waals surface area contributed by atoms with E-state index < -0.39 is 0 Å². The number of nitrogens with zero attached hydrogens (tertiary/aromatic N) is 5. The van der Waals surface area contributed by atoms with Crippen molar-refractivity contribution >= 4 is 36.6 Å². The minimum absolute atomic E-state index is 0. The minimum Gasteiger partial charge on any atom is -0.378 e. The highest BCUT2D eigenvalue weighted by Crippen LogP contribution is 2.32. The highest BCUT2D eigenvalue weighted by molar-refractivity contribution is 5.85. The highest BCUT2D eigenvalue weighted by atomic mass is 35.5. The van der Waals surface area contributed by atoms with Gasteiger partial charge in [0.15, 0.2) is 0 Å². The van der Waals surface area contributed by atoms with Crippen molar-refractivity contribution in [2.24, 2.45) is 0 Å². The number of rotatable bonds is 14. The largest absolute Gasteiger partial charge is 0.378 e. The second kappa shape index (κ2) is 17.7. The molecule has 4 rings (SSSR count). The Morgan fingerprint density at radius 2 is 1.41 bits per heavy atom. The van der Waals surface area contributed by atoms with Crippen LogP contribution in [0.2, 0.25) is 0 Å². The number of aromatic nitrogens is 2. The predicted octanol–water partition coefficient (Wildman–Crippen LogP) is 5.36. The molecule has 0 bridgehead atoms. The normalized spacial score (nSPS) is 19.9. The Labute approximate surface area is 238 Å². The summed E-state index contributed by atoms with van der Waals surface area (Å²) < 4.78 is 0. The van der Waals surface area contributed by atoms with E-state index >= 15 is 0 Å².